The first-order chi connectivity index (χ1) is 13.5. The molecule has 0 aromatic heterocycles. The van der Waals surface area contributed by atoms with Crippen LogP contribution in [-0.2, 0) is 14.8 Å². The van der Waals surface area contributed by atoms with Gasteiger partial charge in [-0.2, -0.15) is 4.31 Å². The van der Waals surface area contributed by atoms with Crippen LogP contribution in [0.25, 0.3) is 0 Å². The lowest BCUT2D eigenvalue weighted by atomic mass is 9.99. The van der Waals surface area contributed by atoms with Gasteiger partial charge >= 0.3 is 0 Å². The first-order valence-electron chi connectivity index (χ1n) is 10.3. The Kier molecular flexibility index (Phi) is 8.52. The fourth-order valence-electron chi connectivity index (χ4n) is 3.82. The monoisotopic (exact) mass is 443 g/mol. The zero-order valence-corrected chi connectivity index (χ0v) is 19.7. The maximum Gasteiger partial charge on any atom is 0.243 e. The van der Waals surface area contributed by atoms with E-state index in [9.17, 15) is 13.2 Å². The van der Waals surface area contributed by atoms with E-state index < -0.39 is 10.0 Å². The van der Waals surface area contributed by atoms with Crippen LogP contribution in [0.15, 0.2) is 23.1 Å². The topological polar surface area (TPSA) is 69.7 Å². The van der Waals surface area contributed by atoms with Crippen LogP contribution in [0.4, 0.5) is 0 Å². The summed E-state index contributed by atoms with van der Waals surface area (Å²) >= 11 is 6.11. The Bertz CT molecular complexity index is 803. The molecule has 1 amide bonds. The number of hydrogen-bond acceptors (Lipinski definition) is 4. The predicted molar refractivity (Wildman–Crippen MR) is 118 cm³/mol. The number of carbonyl (C=O) groups excluding carboxylic acids is 1. The van der Waals surface area contributed by atoms with Crippen molar-refractivity contribution in [1.29, 1.82) is 0 Å². The van der Waals surface area contributed by atoms with Crippen molar-refractivity contribution in [2.45, 2.75) is 64.4 Å². The van der Waals surface area contributed by atoms with Crippen LogP contribution in [0.3, 0.4) is 0 Å². The summed E-state index contributed by atoms with van der Waals surface area (Å²) in [5.41, 5.74) is 0.832. The van der Waals surface area contributed by atoms with E-state index in [1.54, 1.807) is 12.1 Å². The number of hydrogen-bond donors (Lipinski definition) is 1. The van der Waals surface area contributed by atoms with E-state index in [1.165, 1.54) is 10.4 Å². The molecule has 1 atom stereocenters. The molecular weight excluding hydrogens is 410 g/mol. The Morgan fingerprint density at radius 1 is 1.28 bits per heavy atom. The maximum atomic E-state index is 13.0. The first-order valence-corrected chi connectivity index (χ1v) is 12.2. The Balaban J connectivity index is 1.99. The molecule has 0 bridgehead atoms. The third-order valence-electron chi connectivity index (χ3n) is 5.53. The largest absolute Gasteiger partial charge is 0.355 e. The molecule has 164 valence electrons. The lowest BCUT2D eigenvalue weighted by Crippen LogP contribution is -2.47. The van der Waals surface area contributed by atoms with Gasteiger partial charge in [0.25, 0.3) is 0 Å². The van der Waals surface area contributed by atoms with Gasteiger partial charge in [-0.05, 0) is 65.2 Å². The van der Waals surface area contributed by atoms with E-state index in [0.717, 1.165) is 12.1 Å². The van der Waals surface area contributed by atoms with E-state index in [1.807, 2.05) is 6.92 Å². The summed E-state index contributed by atoms with van der Waals surface area (Å²) in [6.45, 7) is 12.4. The number of rotatable bonds is 8. The molecule has 6 nitrogen and oxygen atoms in total. The van der Waals surface area contributed by atoms with Gasteiger partial charge in [-0.15, -0.1) is 0 Å². The number of nitrogens with one attached hydrogen (secondary N) is 1. The van der Waals surface area contributed by atoms with Crippen LogP contribution in [0.1, 0.15) is 46.1 Å². The van der Waals surface area contributed by atoms with Crippen molar-refractivity contribution in [3.63, 3.8) is 0 Å². The van der Waals surface area contributed by atoms with Crippen molar-refractivity contribution in [2.75, 3.05) is 26.2 Å². The van der Waals surface area contributed by atoms with Gasteiger partial charge in [0.05, 0.1) is 10.8 Å². The van der Waals surface area contributed by atoms with E-state index in [-0.39, 0.29) is 23.3 Å². The maximum absolute atomic E-state index is 13.0. The van der Waals surface area contributed by atoms with Crippen molar-refractivity contribution in [3.05, 3.63) is 28.8 Å². The molecule has 1 aromatic carbocycles. The lowest BCUT2D eigenvalue weighted by molar-refractivity contribution is -0.126. The SMILES string of the molecule is Cc1ccc(S(=O)(=O)N2CCCC(C(=O)NCCN(C(C)C)C(C)C)C2)cc1Cl. The summed E-state index contributed by atoms with van der Waals surface area (Å²) in [6, 6.07) is 5.58. The quantitative estimate of drug-likeness (QED) is 0.669. The van der Waals surface area contributed by atoms with E-state index in [0.29, 0.717) is 43.0 Å². The lowest BCUT2D eigenvalue weighted by Gasteiger charge is -2.32. The molecule has 2 rings (SSSR count). The number of halogens is 1. The van der Waals surface area contributed by atoms with Crippen LogP contribution in [0.5, 0.6) is 0 Å². The average Bonchev–Trinajstić information content (AvgIpc) is 2.66. The second-order valence-electron chi connectivity index (χ2n) is 8.33. The summed E-state index contributed by atoms with van der Waals surface area (Å²) < 4.78 is 27.4. The summed E-state index contributed by atoms with van der Waals surface area (Å²) in [5.74, 6) is -0.398. The van der Waals surface area contributed by atoms with Crippen molar-refractivity contribution in [2.24, 2.45) is 5.92 Å². The van der Waals surface area contributed by atoms with Gasteiger partial charge in [0.2, 0.25) is 15.9 Å². The molecule has 1 heterocycles. The van der Waals surface area contributed by atoms with E-state index >= 15 is 0 Å². The summed E-state index contributed by atoms with van der Waals surface area (Å²) in [5, 5.41) is 3.43. The van der Waals surface area contributed by atoms with Crippen LogP contribution < -0.4 is 5.32 Å². The molecular formula is C21H34ClN3O3S. The van der Waals surface area contributed by atoms with Gasteiger partial charge in [-0.1, -0.05) is 17.7 Å². The summed E-state index contributed by atoms with van der Waals surface area (Å²) in [7, 11) is -3.66. The highest BCUT2D eigenvalue weighted by Gasteiger charge is 2.33. The number of sulfonamides is 1. The zero-order chi connectivity index (χ0) is 21.8. The molecule has 1 saturated heterocycles. The van der Waals surface area contributed by atoms with Gasteiger partial charge in [0.1, 0.15) is 0 Å². The molecule has 0 spiro atoms. The minimum absolute atomic E-state index is 0.0701. The van der Waals surface area contributed by atoms with Crippen molar-refractivity contribution in [1.82, 2.24) is 14.5 Å². The minimum Gasteiger partial charge on any atom is -0.355 e. The number of amides is 1. The fourth-order valence-corrected chi connectivity index (χ4v) is 5.62. The zero-order valence-electron chi connectivity index (χ0n) is 18.1. The van der Waals surface area contributed by atoms with E-state index in [2.05, 4.69) is 37.9 Å². The number of piperidine rings is 1. The second kappa shape index (κ2) is 10.2. The molecule has 8 heteroatoms. The van der Waals surface area contributed by atoms with Crippen LogP contribution in [-0.4, -0.2) is 61.8 Å². The Morgan fingerprint density at radius 3 is 2.52 bits per heavy atom. The Labute approximate surface area is 180 Å². The molecule has 29 heavy (non-hydrogen) atoms. The highest BCUT2D eigenvalue weighted by atomic mass is 35.5. The minimum atomic E-state index is -3.66. The number of aryl methyl sites for hydroxylation is 1. The predicted octanol–water partition coefficient (Wildman–Crippen LogP) is 3.28. The third kappa shape index (κ3) is 6.17. The van der Waals surface area contributed by atoms with Gasteiger partial charge in [-0.25, -0.2) is 8.42 Å². The number of carbonyl (C=O) groups is 1. The van der Waals surface area contributed by atoms with Crippen molar-refractivity contribution in [3.8, 4) is 0 Å². The molecule has 1 unspecified atom stereocenters. The standard InChI is InChI=1S/C21H34ClN3O3S/c1-15(2)25(16(3)4)12-10-23-21(26)18-7-6-11-24(14-18)29(27,28)19-9-8-17(5)20(22)13-19/h8-9,13,15-16,18H,6-7,10-12,14H2,1-5H3,(H,23,26). The summed E-state index contributed by atoms with van der Waals surface area (Å²) in [6.07, 6.45) is 1.37. The van der Waals surface area contributed by atoms with Gasteiger partial charge in [-0.3, -0.25) is 9.69 Å². The Morgan fingerprint density at radius 2 is 1.93 bits per heavy atom. The number of benzene rings is 1. The van der Waals surface area contributed by atoms with Crippen molar-refractivity contribution >= 4 is 27.5 Å². The molecule has 0 radical (unpaired) electrons. The first kappa shape index (κ1) is 24.1. The molecule has 1 aliphatic heterocycles. The van der Waals surface area contributed by atoms with Crippen LogP contribution in [0.2, 0.25) is 5.02 Å². The molecule has 0 aliphatic carbocycles. The third-order valence-corrected chi connectivity index (χ3v) is 7.80. The highest BCUT2D eigenvalue weighted by molar-refractivity contribution is 7.89. The van der Waals surface area contributed by atoms with Crippen molar-refractivity contribution < 1.29 is 13.2 Å². The van der Waals surface area contributed by atoms with Gasteiger partial charge in [0.15, 0.2) is 0 Å². The average molecular weight is 444 g/mol. The van der Waals surface area contributed by atoms with Crippen LogP contribution >= 0.6 is 11.6 Å². The van der Waals surface area contributed by atoms with E-state index in [4.69, 9.17) is 11.6 Å². The molecule has 1 aromatic rings. The van der Waals surface area contributed by atoms with Gasteiger partial charge in [0, 0.05) is 43.3 Å². The molecule has 1 N–H and O–H groups in total. The smallest absolute Gasteiger partial charge is 0.243 e. The molecule has 0 saturated carbocycles. The second-order valence-corrected chi connectivity index (χ2v) is 10.7. The highest BCUT2D eigenvalue weighted by Crippen LogP contribution is 2.26. The molecule has 1 fully saturated rings. The molecule has 1 aliphatic rings. The number of nitrogens with zero attached hydrogens (tertiary/aromatic N) is 2. The van der Waals surface area contributed by atoms with Crippen LogP contribution in [0, 0.1) is 12.8 Å². The normalized spacial score (nSPS) is 18.6. The summed E-state index contributed by atoms with van der Waals surface area (Å²) in [4.78, 5) is 15.2. The van der Waals surface area contributed by atoms with Gasteiger partial charge < -0.3 is 5.32 Å². The fraction of sp³-hybridized carbons (Fsp3) is 0.667. The Hall–Kier alpha value is -1.15.